The Morgan fingerprint density at radius 2 is 1.86 bits per heavy atom. The molecule has 5 nitrogen and oxygen atoms in total. The molecule has 2 aliphatic heterocycles. The Balaban J connectivity index is 1.57. The molecule has 0 bridgehead atoms. The Kier molecular flexibility index (Phi) is 4.07. The van der Waals surface area contributed by atoms with E-state index in [4.69, 9.17) is 9.47 Å². The Hall–Kier alpha value is -1.66. The van der Waals surface area contributed by atoms with Gasteiger partial charge in [-0.15, -0.1) is 0 Å². The van der Waals surface area contributed by atoms with Crippen LogP contribution in [0.5, 0.6) is 0 Å². The van der Waals surface area contributed by atoms with Gasteiger partial charge in [0.15, 0.2) is 5.79 Å². The lowest BCUT2D eigenvalue weighted by Crippen LogP contribution is -2.52. The SMILES string of the molecule is O=C(Nc1ccccc1F)N1CCC2(CC1)OCCCO2. The molecule has 1 aromatic rings. The van der Waals surface area contributed by atoms with Crippen LogP contribution in [0.1, 0.15) is 19.3 Å². The predicted octanol–water partition coefficient (Wildman–Crippen LogP) is 2.59. The third-order valence-electron chi connectivity index (χ3n) is 3.95. The van der Waals surface area contributed by atoms with Crippen LogP contribution in [-0.2, 0) is 9.47 Å². The van der Waals surface area contributed by atoms with Crippen LogP contribution in [0.4, 0.5) is 14.9 Å². The Labute approximate surface area is 123 Å². The van der Waals surface area contributed by atoms with Crippen molar-refractivity contribution in [1.82, 2.24) is 4.90 Å². The fraction of sp³-hybridized carbons (Fsp3) is 0.533. The quantitative estimate of drug-likeness (QED) is 0.866. The van der Waals surface area contributed by atoms with Gasteiger partial charge in [0.2, 0.25) is 0 Å². The number of likely N-dealkylation sites (tertiary alicyclic amines) is 1. The van der Waals surface area contributed by atoms with Crippen molar-refractivity contribution >= 4 is 11.7 Å². The molecule has 2 fully saturated rings. The summed E-state index contributed by atoms with van der Waals surface area (Å²) in [6, 6.07) is 5.86. The predicted molar refractivity (Wildman–Crippen MR) is 75.5 cm³/mol. The normalized spacial score (nSPS) is 21.3. The first-order valence-corrected chi connectivity index (χ1v) is 7.27. The maximum Gasteiger partial charge on any atom is 0.321 e. The van der Waals surface area contributed by atoms with Crippen LogP contribution in [0.25, 0.3) is 0 Å². The fourth-order valence-corrected chi connectivity index (χ4v) is 2.71. The molecule has 0 aliphatic carbocycles. The van der Waals surface area contributed by atoms with Crippen molar-refractivity contribution in [2.75, 3.05) is 31.6 Å². The summed E-state index contributed by atoms with van der Waals surface area (Å²) in [6.07, 6.45) is 2.22. The van der Waals surface area contributed by atoms with E-state index in [-0.39, 0.29) is 11.7 Å². The van der Waals surface area contributed by atoms with Gasteiger partial charge in [0.05, 0.1) is 18.9 Å². The van der Waals surface area contributed by atoms with Gasteiger partial charge in [-0.25, -0.2) is 9.18 Å². The first-order chi connectivity index (χ1) is 10.2. The summed E-state index contributed by atoms with van der Waals surface area (Å²) in [5.74, 6) is -0.953. The average Bonchev–Trinajstić information content (AvgIpc) is 2.51. The first-order valence-electron chi connectivity index (χ1n) is 7.27. The summed E-state index contributed by atoms with van der Waals surface area (Å²) in [4.78, 5) is 13.8. The molecule has 2 heterocycles. The molecule has 3 rings (SSSR count). The monoisotopic (exact) mass is 294 g/mol. The summed E-state index contributed by atoms with van der Waals surface area (Å²) in [5, 5.41) is 2.60. The lowest BCUT2D eigenvalue weighted by molar-refractivity contribution is -0.281. The van der Waals surface area contributed by atoms with Crippen molar-refractivity contribution in [1.29, 1.82) is 0 Å². The van der Waals surface area contributed by atoms with Gasteiger partial charge < -0.3 is 19.7 Å². The van der Waals surface area contributed by atoms with E-state index in [9.17, 15) is 9.18 Å². The number of hydrogen-bond donors (Lipinski definition) is 1. The molecule has 0 saturated carbocycles. The highest BCUT2D eigenvalue weighted by molar-refractivity contribution is 5.89. The molecular weight excluding hydrogens is 275 g/mol. The van der Waals surface area contributed by atoms with E-state index in [0.717, 1.165) is 6.42 Å². The van der Waals surface area contributed by atoms with Crippen LogP contribution in [0.2, 0.25) is 0 Å². The standard InChI is InChI=1S/C15H19FN2O3/c16-12-4-1-2-5-13(12)17-14(19)18-8-6-15(7-9-18)20-10-3-11-21-15/h1-2,4-5H,3,6-11H2,(H,17,19). The van der Waals surface area contributed by atoms with E-state index in [2.05, 4.69) is 5.32 Å². The maximum absolute atomic E-state index is 13.5. The molecule has 6 heteroatoms. The molecule has 2 aliphatic rings. The minimum Gasteiger partial charge on any atom is -0.350 e. The van der Waals surface area contributed by atoms with Crippen LogP contribution in [0, 0.1) is 5.82 Å². The van der Waals surface area contributed by atoms with E-state index >= 15 is 0 Å². The topological polar surface area (TPSA) is 50.8 Å². The second-order valence-corrected chi connectivity index (χ2v) is 5.36. The first kappa shape index (κ1) is 14.3. The summed E-state index contributed by atoms with van der Waals surface area (Å²) in [5.41, 5.74) is 0.202. The highest BCUT2D eigenvalue weighted by Crippen LogP contribution is 2.30. The molecule has 0 radical (unpaired) electrons. The number of benzene rings is 1. The second kappa shape index (κ2) is 5.99. The number of amides is 2. The number of anilines is 1. The number of rotatable bonds is 1. The zero-order valence-corrected chi connectivity index (χ0v) is 11.8. The number of carbonyl (C=O) groups is 1. The number of nitrogens with one attached hydrogen (secondary N) is 1. The molecular formula is C15H19FN2O3. The maximum atomic E-state index is 13.5. The lowest BCUT2D eigenvalue weighted by Gasteiger charge is -2.43. The van der Waals surface area contributed by atoms with Gasteiger partial charge in [-0.3, -0.25) is 0 Å². The summed E-state index contributed by atoms with van der Waals surface area (Å²) < 4.78 is 25.0. The van der Waals surface area contributed by atoms with Crippen LogP contribution in [0.15, 0.2) is 24.3 Å². The van der Waals surface area contributed by atoms with Crippen molar-refractivity contribution < 1.29 is 18.7 Å². The van der Waals surface area contributed by atoms with Gasteiger partial charge in [0.25, 0.3) is 0 Å². The van der Waals surface area contributed by atoms with Crippen LogP contribution in [0.3, 0.4) is 0 Å². The van der Waals surface area contributed by atoms with Crippen LogP contribution >= 0.6 is 0 Å². The molecule has 114 valence electrons. The molecule has 0 atom stereocenters. The molecule has 2 amide bonds. The zero-order valence-electron chi connectivity index (χ0n) is 11.8. The number of urea groups is 1. The zero-order chi connectivity index (χ0) is 14.7. The van der Waals surface area contributed by atoms with E-state index in [1.807, 2.05) is 0 Å². The van der Waals surface area contributed by atoms with Crippen molar-refractivity contribution in [2.24, 2.45) is 0 Å². The van der Waals surface area contributed by atoms with Crippen molar-refractivity contribution in [2.45, 2.75) is 25.0 Å². The molecule has 1 aromatic carbocycles. The Morgan fingerprint density at radius 3 is 2.52 bits per heavy atom. The van der Waals surface area contributed by atoms with E-state index < -0.39 is 11.6 Å². The molecule has 0 unspecified atom stereocenters. The molecule has 2 saturated heterocycles. The smallest absolute Gasteiger partial charge is 0.321 e. The third-order valence-corrected chi connectivity index (χ3v) is 3.95. The second-order valence-electron chi connectivity index (χ2n) is 5.36. The van der Waals surface area contributed by atoms with Gasteiger partial charge in [0.1, 0.15) is 5.82 Å². The third kappa shape index (κ3) is 3.16. The van der Waals surface area contributed by atoms with Gasteiger partial charge in [0, 0.05) is 25.9 Å². The van der Waals surface area contributed by atoms with Crippen molar-refractivity contribution in [3.8, 4) is 0 Å². The van der Waals surface area contributed by atoms with E-state index in [0.29, 0.717) is 39.1 Å². The van der Waals surface area contributed by atoms with E-state index in [1.165, 1.54) is 6.07 Å². The highest BCUT2D eigenvalue weighted by atomic mass is 19.1. The summed E-state index contributed by atoms with van der Waals surface area (Å²) in [7, 11) is 0. The summed E-state index contributed by atoms with van der Waals surface area (Å²) in [6.45, 7) is 2.50. The minimum absolute atomic E-state index is 0.202. The highest BCUT2D eigenvalue weighted by Gasteiger charge is 2.39. The van der Waals surface area contributed by atoms with Crippen LogP contribution in [-0.4, -0.2) is 43.0 Å². The molecule has 0 aromatic heterocycles. The number of nitrogens with zero attached hydrogens (tertiary/aromatic N) is 1. The lowest BCUT2D eigenvalue weighted by atomic mass is 10.0. The molecule has 1 spiro atoms. The van der Waals surface area contributed by atoms with Gasteiger partial charge in [-0.05, 0) is 18.6 Å². The fourth-order valence-electron chi connectivity index (χ4n) is 2.71. The minimum atomic E-state index is -0.521. The van der Waals surface area contributed by atoms with Crippen molar-refractivity contribution in [3.63, 3.8) is 0 Å². The number of para-hydroxylation sites is 1. The number of carbonyl (C=O) groups excluding carboxylic acids is 1. The average molecular weight is 294 g/mol. The van der Waals surface area contributed by atoms with Gasteiger partial charge in [-0.1, -0.05) is 12.1 Å². The van der Waals surface area contributed by atoms with Crippen molar-refractivity contribution in [3.05, 3.63) is 30.1 Å². The molecule has 1 N–H and O–H groups in total. The van der Waals surface area contributed by atoms with Gasteiger partial charge >= 0.3 is 6.03 Å². The Bertz CT molecular complexity index is 507. The summed E-state index contributed by atoms with van der Waals surface area (Å²) >= 11 is 0. The van der Waals surface area contributed by atoms with Gasteiger partial charge in [-0.2, -0.15) is 0 Å². The number of hydrogen-bond acceptors (Lipinski definition) is 3. The number of ether oxygens (including phenoxy) is 2. The number of halogens is 1. The van der Waals surface area contributed by atoms with E-state index in [1.54, 1.807) is 23.1 Å². The number of piperidine rings is 1. The van der Waals surface area contributed by atoms with Crippen LogP contribution < -0.4 is 5.32 Å². The largest absolute Gasteiger partial charge is 0.350 e. The Morgan fingerprint density at radius 1 is 1.19 bits per heavy atom. The molecule has 21 heavy (non-hydrogen) atoms.